The van der Waals surface area contributed by atoms with E-state index in [1.807, 2.05) is 0 Å². The minimum Gasteiger partial charge on any atom is -0.463 e. The monoisotopic (exact) mass is 323 g/mol. The molecule has 0 saturated heterocycles. The van der Waals surface area contributed by atoms with Gasteiger partial charge in [-0.05, 0) is 25.1 Å². The van der Waals surface area contributed by atoms with Gasteiger partial charge in [-0.1, -0.05) is 11.6 Å². The summed E-state index contributed by atoms with van der Waals surface area (Å²) in [6.45, 7) is 1.80. The first-order valence-corrected chi connectivity index (χ1v) is 6.87. The van der Waals surface area contributed by atoms with Gasteiger partial charge in [0.1, 0.15) is 5.69 Å². The molecule has 0 atom stereocenters. The van der Waals surface area contributed by atoms with Gasteiger partial charge >= 0.3 is 11.9 Å². The van der Waals surface area contributed by atoms with Gasteiger partial charge in [-0.3, -0.25) is 4.79 Å². The van der Waals surface area contributed by atoms with Crippen molar-refractivity contribution in [3.8, 4) is 0 Å². The Kier molecular flexibility index (Phi) is 4.51. The second-order valence-electron chi connectivity index (χ2n) is 4.49. The number of hydrogen-bond acceptors (Lipinski definition) is 5. The van der Waals surface area contributed by atoms with Crippen LogP contribution >= 0.6 is 11.6 Å². The standard InChI is InChI=1S/C15H14ClNO5/c1-4-22-14(19)12-11(13(18)15(20)21-3)9-7-8(16)5-6-10(9)17(12)2/h5-7H,4H2,1-3H3. The van der Waals surface area contributed by atoms with Crippen LogP contribution in [0.2, 0.25) is 5.02 Å². The van der Waals surface area contributed by atoms with Crippen molar-refractivity contribution in [1.29, 1.82) is 0 Å². The molecule has 0 spiro atoms. The summed E-state index contributed by atoms with van der Waals surface area (Å²) in [6.07, 6.45) is 0. The van der Waals surface area contributed by atoms with E-state index in [2.05, 4.69) is 4.74 Å². The van der Waals surface area contributed by atoms with Crippen LogP contribution in [0.5, 0.6) is 0 Å². The van der Waals surface area contributed by atoms with E-state index in [0.29, 0.717) is 15.9 Å². The number of nitrogens with zero attached hydrogens (tertiary/aromatic N) is 1. The normalized spacial score (nSPS) is 10.5. The zero-order valence-electron chi connectivity index (χ0n) is 12.3. The second kappa shape index (κ2) is 6.19. The lowest BCUT2D eigenvalue weighted by atomic mass is 10.1. The quantitative estimate of drug-likeness (QED) is 0.490. The molecule has 0 N–H and O–H groups in total. The fourth-order valence-electron chi connectivity index (χ4n) is 2.28. The number of hydrogen-bond donors (Lipinski definition) is 0. The highest BCUT2D eigenvalue weighted by molar-refractivity contribution is 6.44. The predicted octanol–water partition coefficient (Wildman–Crippen LogP) is 2.36. The van der Waals surface area contributed by atoms with Crippen molar-refractivity contribution in [3.63, 3.8) is 0 Å². The van der Waals surface area contributed by atoms with Gasteiger partial charge in [0, 0.05) is 23.0 Å². The fourth-order valence-corrected chi connectivity index (χ4v) is 2.45. The number of esters is 2. The molecule has 0 saturated carbocycles. The molecule has 0 fully saturated rings. The topological polar surface area (TPSA) is 74.6 Å². The molecule has 2 aromatic rings. The minimum absolute atomic E-state index is 0.00508. The van der Waals surface area contributed by atoms with Crippen LogP contribution in [0, 0.1) is 0 Å². The van der Waals surface area contributed by atoms with E-state index in [1.54, 1.807) is 26.1 Å². The number of fused-ring (bicyclic) bond motifs is 1. The van der Waals surface area contributed by atoms with Crippen LogP contribution in [0.1, 0.15) is 27.8 Å². The molecule has 116 valence electrons. The van der Waals surface area contributed by atoms with Crippen molar-refractivity contribution < 1.29 is 23.9 Å². The number of aryl methyl sites for hydroxylation is 1. The SMILES string of the molecule is CCOC(=O)c1c(C(=O)C(=O)OC)c2cc(Cl)ccc2n1C. The Labute approximate surface area is 131 Å². The van der Waals surface area contributed by atoms with Crippen LogP contribution < -0.4 is 0 Å². The molecule has 0 unspecified atom stereocenters. The molecule has 2 rings (SSSR count). The molecule has 1 aromatic heterocycles. The van der Waals surface area contributed by atoms with Crippen molar-refractivity contribution in [2.24, 2.45) is 7.05 Å². The lowest BCUT2D eigenvalue weighted by Gasteiger charge is -2.06. The number of halogens is 1. The van der Waals surface area contributed by atoms with Gasteiger partial charge < -0.3 is 14.0 Å². The lowest BCUT2D eigenvalue weighted by Crippen LogP contribution is -2.20. The van der Waals surface area contributed by atoms with Crippen LogP contribution in [0.3, 0.4) is 0 Å². The molecule has 1 aromatic carbocycles. The largest absolute Gasteiger partial charge is 0.463 e. The Bertz CT molecular complexity index is 778. The van der Waals surface area contributed by atoms with Crippen LogP contribution in [0.25, 0.3) is 10.9 Å². The van der Waals surface area contributed by atoms with Crippen LogP contribution in [0.15, 0.2) is 18.2 Å². The summed E-state index contributed by atoms with van der Waals surface area (Å²) in [4.78, 5) is 36.1. The van der Waals surface area contributed by atoms with Crippen molar-refractivity contribution in [2.45, 2.75) is 6.92 Å². The highest BCUT2D eigenvalue weighted by atomic mass is 35.5. The van der Waals surface area contributed by atoms with Crippen molar-refractivity contribution in [3.05, 3.63) is 34.5 Å². The summed E-state index contributed by atoms with van der Waals surface area (Å²) in [5.41, 5.74) is 0.513. The maximum absolute atomic E-state index is 12.3. The maximum Gasteiger partial charge on any atom is 0.379 e. The van der Waals surface area contributed by atoms with Gasteiger partial charge in [-0.15, -0.1) is 0 Å². The molecule has 0 amide bonds. The van der Waals surface area contributed by atoms with Crippen LogP contribution in [-0.2, 0) is 21.3 Å². The van der Waals surface area contributed by atoms with E-state index in [9.17, 15) is 14.4 Å². The number of Topliss-reactive ketones (excluding diaryl/α,β-unsaturated/α-hetero) is 1. The Morgan fingerprint density at radius 3 is 2.55 bits per heavy atom. The predicted molar refractivity (Wildman–Crippen MR) is 80.2 cm³/mol. The molecule has 7 heteroatoms. The molecule has 6 nitrogen and oxygen atoms in total. The zero-order chi connectivity index (χ0) is 16.4. The molecule has 0 aliphatic carbocycles. The van der Waals surface area contributed by atoms with Gasteiger partial charge in [0.2, 0.25) is 0 Å². The number of carbonyl (C=O) groups excluding carboxylic acids is 3. The number of ether oxygens (including phenoxy) is 2. The Morgan fingerprint density at radius 2 is 1.95 bits per heavy atom. The highest BCUT2D eigenvalue weighted by Crippen LogP contribution is 2.29. The first-order valence-electron chi connectivity index (χ1n) is 6.50. The summed E-state index contributed by atoms with van der Waals surface area (Å²) < 4.78 is 10.9. The van der Waals surface area contributed by atoms with Gasteiger partial charge in [0.05, 0.1) is 19.3 Å². The van der Waals surface area contributed by atoms with E-state index >= 15 is 0 Å². The number of carbonyl (C=O) groups is 3. The van der Waals surface area contributed by atoms with E-state index in [4.69, 9.17) is 16.3 Å². The average Bonchev–Trinajstić information content (AvgIpc) is 2.78. The van der Waals surface area contributed by atoms with E-state index in [0.717, 1.165) is 7.11 Å². The number of ketones is 1. The summed E-state index contributed by atoms with van der Waals surface area (Å²) >= 11 is 5.96. The van der Waals surface area contributed by atoms with Crippen molar-refractivity contribution in [2.75, 3.05) is 13.7 Å². The lowest BCUT2D eigenvalue weighted by molar-refractivity contribution is -0.135. The maximum atomic E-state index is 12.3. The summed E-state index contributed by atoms with van der Waals surface area (Å²) in [5, 5.41) is 0.779. The number of methoxy groups -OCH3 is 1. The van der Waals surface area contributed by atoms with Crippen LogP contribution in [0.4, 0.5) is 0 Å². The average molecular weight is 324 g/mol. The zero-order valence-corrected chi connectivity index (χ0v) is 13.1. The summed E-state index contributed by atoms with van der Waals surface area (Å²) in [5.74, 6) is -2.67. The first kappa shape index (κ1) is 16.0. The first-order chi connectivity index (χ1) is 10.4. The third-order valence-electron chi connectivity index (χ3n) is 3.23. The second-order valence-corrected chi connectivity index (χ2v) is 4.92. The van der Waals surface area contributed by atoms with E-state index in [1.165, 1.54) is 10.6 Å². The Hall–Kier alpha value is -2.34. The van der Waals surface area contributed by atoms with Crippen molar-refractivity contribution in [1.82, 2.24) is 4.57 Å². The third kappa shape index (κ3) is 2.57. The fraction of sp³-hybridized carbons (Fsp3) is 0.267. The summed E-state index contributed by atoms with van der Waals surface area (Å²) in [7, 11) is 2.71. The Balaban J connectivity index is 2.81. The molecule has 0 bridgehead atoms. The number of rotatable bonds is 4. The van der Waals surface area contributed by atoms with Gasteiger partial charge in [-0.25, -0.2) is 9.59 Å². The van der Waals surface area contributed by atoms with Crippen molar-refractivity contribution >= 4 is 40.2 Å². The minimum atomic E-state index is -1.06. The van der Waals surface area contributed by atoms with Gasteiger partial charge in [0.25, 0.3) is 5.78 Å². The number of benzene rings is 1. The summed E-state index contributed by atoms with van der Waals surface area (Å²) in [6, 6.07) is 4.81. The molecule has 0 aliphatic heterocycles. The number of aromatic nitrogens is 1. The molecule has 22 heavy (non-hydrogen) atoms. The van der Waals surface area contributed by atoms with E-state index < -0.39 is 17.7 Å². The highest BCUT2D eigenvalue weighted by Gasteiger charge is 2.31. The van der Waals surface area contributed by atoms with Gasteiger partial charge in [0.15, 0.2) is 0 Å². The molecule has 0 radical (unpaired) electrons. The Morgan fingerprint density at radius 1 is 1.27 bits per heavy atom. The molecule has 1 heterocycles. The molecular formula is C15H14ClNO5. The smallest absolute Gasteiger partial charge is 0.379 e. The van der Waals surface area contributed by atoms with Crippen LogP contribution in [-0.4, -0.2) is 36.0 Å². The molecular weight excluding hydrogens is 310 g/mol. The van der Waals surface area contributed by atoms with Gasteiger partial charge in [-0.2, -0.15) is 0 Å². The molecule has 0 aliphatic rings. The third-order valence-corrected chi connectivity index (χ3v) is 3.46. The van der Waals surface area contributed by atoms with E-state index in [-0.39, 0.29) is 17.9 Å².